The Hall–Kier alpha value is -0.440. The van der Waals surface area contributed by atoms with Crippen molar-refractivity contribution in [3.63, 3.8) is 0 Å². The first-order chi connectivity index (χ1) is 9.99. The zero-order valence-electron chi connectivity index (χ0n) is 11.9. The lowest BCUT2D eigenvalue weighted by molar-refractivity contribution is 0.0376. The maximum Gasteiger partial charge on any atom is 0.240 e. The summed E-state index contributed by atoms with van der Waals surface area (Å²) in [6, 6.07) is 3.36. The van der Waals surface area contributed by atoms with Crippen LogP contribution >= 0.6 is 24.0 Å². The quantitative estimate of drug-likeness (QED) is 0.774. The summed E-state index contributed by atoms with van der Waals surface area (Å²) in [5.74, 6) is -0.636. The van der Waals surface area contributed by atoms with Gasteiger partial charge < -0.3 is 4.74 Å². The van der Waals surface area contributed by atoms with Crippen LogP contribution in [-0.2, 0) is 14.8 Å². The molecule has 1 fully saturated rings. The molecule has 0 bridgehead atoms. The minimum Gasteiger partial charge on any atom is -0.379 e. The van der Waals surface area contributed by atoms with Gasteiger partial charge in [-0.1, -0.05) is 11.6 Å². The molecule has 1 N–H and O–H groups in total. The van der Waals surface area contributed by atoms with Crippen molar-refractivity contribution in [2.75, 3.05) is 39.4 Å². The fraction of sp³-hybridized carbons (Fsp3) is 0.538. The number of nitrogens with one attached hydrogen (secondary N) is 1. The van der Waals surface area contributed by atoms with Gasteiger partial charge in [0.15, 0.2) is 0 Å². The smallest absolute Gasteiger partial charge is 0.240 e. The summed E-state index contributed by atoms with van der Waals surface area (Å²) in [7, 11) is -3.65. The molecule has 1 aliphatic rings. The van der Waals surface area contributed by atoms with Crippen LogP contribution in [0.15, 0.2) is 23.1 Å². The second-order valence-corrected chi connectivity index (χ2v) is 6.96. The number of sulfonamides is 1. The molecule has 22 heavy (non-hydrogen) atoms. The third-order valence-electron chi connectivity index (χ3n) is 3.25. The number of rotatable bonds is 6. The molecule has 1 saturated heterocycles. The van der Waals surface area contributed by atoms with E-state index in [1.807, 2.05) is 0 Å². The fourth-order valence-corrected chi connectivity index (χ4v) is 3.41. The highest BCUT2D eigenvalue weighted by Crippen LogP contribution is 2.19. The molecule has 5 nitrogen and oxygen atoms in total. The zero-order chi connectivity index (χ0) is 15.3. The maximum absolute atomic E-state index is 13.0. The number of nitrogens with zero attached hydrogens (tertiary/aromatic N) is 1. The Morgan fingerprint density at radius 2 is 2.00 bits per heavy atom. The molecule has 1 aliphatic heterocycles. The molecule has 0 atom stereocenters. The molecular formula is C13H19Cl2FN2O3S. The van der Waals surface area contributed by atoms with E-state index >= 15 is 0 Å². The summed E-state index contributed by atoms with van der Waals surface area (Å²) in [6.45, 7) is 4.34. The third-order valence-corrected chi connectivity index (χ3v) is 5.00. The minimum atomic E-state index is -3.65. The second-order valence-electron chi connectivity index (χ2n) is 4.78. The number of hydrogen-bond acceptors (Lipinski definition) is 4. The molecule has 0 aromatic heterocycles. The number of ether oxygens (including phenoxy) is 1. The molecule has 9 heteroatoms. The van der Waals surface area contributed by atoms with Gasteiger partial charge in [0.2, 0.25) is 10.0 Å². The van der Waals surface area contributed by atoms with E-state index in [-0.39, 0.29) is 22.3 Å². The van der Waals surface area contributed by atoms with Crippen molar-refractivity contribution >= 4 is 34.0 Å². The van der Waals surface area contributed by atoms with Gasteiger partial charge in [-0.3, -0.25) is 4.90 Å². The predicted octanol–water partition coefficient (Wildman–Crippen LogP) is 1.90. The summed E-state index contributed by atoms with van der Waals surface area (Å²) in [5.41, 5.74) is 0. The van der Waals surface area contributed by atoms with Gasteiger partial charge in [-0.05, 0) is 31.2 Å². The van der Waals surface area contributed by atoms with Crippen LogP contribution in [-0.4, -0.2) is 52.7 Å². The normalized spacial score (nSPS) is 16.3. The number of halogens is 3. The van der Waals surface area contributed by atoms with Crippen LogP contribution < -0.4 is 4.72 Å². The van der Waals surface area contributed by atoms with Crippen molar-refractivity contribution < 1.29 is 17.5 Å². The first kappa shape index (κ1) is 19.6. The Labute approximate surface area is 141 Å². The van der Waals surface area contributed by atoms with Crippen LogP contribution in [0, 0.1) is 5.82 Å². The first-order valence-electron chi connectivity index (χ1n) is 6.74. The van der Waals surface area contributed by atoms with E-state index in [2.05, 4.69) is 9.62 Å². The molecular weight excluding hydrogens is 354 g/mol. The summed E-state index contributed by atoms with van der Waals surface area (Å²) in [5, 5.41) is -0.203. The molecule has 0 spiro atoms. The van der Waals surface area contributed by atoms with Crippen LogP contribution in [0.5, 0.6) is 0 Å². The highest BCUT2D eigenvalue weighted by atomic mass is 35.5. The monoisotopic (exact) mass is 372 g/mol. The van der Waals surface area contributed by atoms with Gasteiger partial charge in [-0.15, -0.1) is 12.4 Å². The van der Waals surface area contributed by atoms with Crippen LogP contribution in [0.3, 0.4) is 0 Å². The van der Waals surface area contributed by atoms with Crippen molar-refractivity contribution in [3.05, 3.63) is 29.0 Å². The minimum absolute atomic E-state index is 0. The van der Waals surface area contributed by atoms with E-state index in [4.69, 9.17) is 16.3 Å². The van der Waals surface area contributed by atoms with E-state index in [0.29, 0.717) is 13.0 Å². The lowest BCUT2D eigenvalue weighted by atomic mass is 10.3. The number of hydrogen-bond donors (Lipinski definition) is 1. The van der Waals surface area contributed by atoms with Crippen LogP contribution in [0.2, 0.25) is 5.02 Å². The molecule has 0 saturated carbocycles. The zero-order valence-corrected chi connectivity index (χ0v) is 14.3. The lowest BCUT2D eigenvalue weighted by Crippen LogP contribution is -2.38. The van der Waals surface area contributed by atoms with Crippen LogP contribution in [0.1, 0.15) is 6.42 Å². The van der Waals surface area contributed by atoms with Crippen molar-refractivity contribution in [3.8, 4) is 0 Å². The molecule has 2 rings (SSSR count). The number of benzene rings is 1. The predicted molar refractivity (Wildman–Crippen MR) is 85.7 cm³/mol. The van der Waals surface area contributed by atoms with E-state index in [0.717, 1.165) is 45.0 Å². The third kappa shape index (κ3) is 5.64. The van der Waals surface area contributed by atoms with Gasteiger partial charge in [-0.2, -0.15) is 0 Å². The van der Waals surface area contributed by atoms with Crippen molar-refractivity contribution in [2.24, 2.45) is 0 Å². The Morgan fingerprint density at radius 1 is 1.32 bits per heavy atom. The van der Waals surface area contributed by atoms with E-state index in [9.17, 15) is 12.8 Å². The van der Waals surface area contributed by atoms with E-state index < -0.39 is 15.8 Å². The molecule has 1 aromatic carbocycles. The van der Waals surface area contributed by atoms with Gasteiger partial charge in [0, 0.05) is 19.6 Å². The molecule has 0 radical (unpaired) electrons. The largest absolute Gasteiger partial charge is 0.379 e. The average molecular weight is 373 g/mol. The first-order valence-corrected chi connectivity index (χ1v) is 8.60. The van der Waals surface area contributed by atoms with E-state index in [1.165, 1.54) is 6.07 Å². The molecule has 1 aromatic rings. The second kappa shape index (κ2) is 9.00. The summed E-state index contributed by atoms with van der Waals surface area (Å²) in [6.07, 6.45) is 0.703. The molecule has 126 valence electrons. The highest BCUT2D eigenvalue weighted by molar-refractivity contribution is 7.89. The van der Waals surface area contributed by atoms with Crippen molar-refractivity contribution in [1.82, 2.24) is 9.62 Å². The van der Waals surface area contributed by atoms with Crippen LogP contribution in [0.4, 0.5) is 4.39 Å². The maximum atomic E-state index is 13.0. The summed E-state index contributed by atoms with van der Waals surface area (Å²) >= 11 is 5.60. The van der Waals surface area contributed by atoms with Gasteiger partial charge in [0.1, 0.15) is 5.82 Å². The van der Waals surface area contributed by atoms with Crippen LogP contribution in [0.25, 0.3) is 0 Å². The Balaban J connectivity index is 0.00000242. The molecule has 0 aliphatic carbocycles. The van der Waals surface area contributed by atoms with Gasteiger partial charge in [0.05, 0.1) is 23.1 Å². The van der Waals surface area contributed by atoms with Gasteiger partial charge >= 0.3 is 0 Å². The molecule has 0 unspecified atom stereocenters. The standard InChI is InChI=1S/C13H18ClFN2O3S.ClH/c14-12-10-11(2-3-13(12)15)21(18,19)16-4-1-5-17-6-8-20-9-7-17;/h2-3,10,16H,1,4-9H2;1H. The Morgan fingerprint density at radius 3 is 2.64 bits per heavy atom. The number of morpholine rings is 1. The SMILES string of the molecule is Cl.O=S(=O)(NCCCN1CCOCC1)c1ccc(F)c(Cl)c1. The highest BCUT2D eigenvalue weighted by Gasteiger charge is 2.16. The molecule has 1 heterocycles. The Kier molecular flexibility index (Phi) is 8.02. The lowest BCUT2D eigenvalue weighted by Gasteiger charge is -2.26. The summed E-state index contributed by atoms with van der Waals surface area (Å²) in [4.78, 5) is 2.20. The van der Waals surface area contributed by atoms with Gasteiger partial charge in [0.25, 0.3) is 0 Å². The topological polar surface area (TPSA) is 58.6 Å². The van der Waals surface area contributed by atoms with Gasteiger partial charge in [-0.25, -0.2) is 17.5 Å². The van der Waals surface area contributed by atoms with Crippen molar-refractivity contribution in [1.29, 1.82) is 0 Å². The molecule has 0 amide bonds. The Bertz CT molecular complexity index is 581. The van der Waals surface area contributed by atoms with E-state index in [1.54, 1.807) is 0 Å². The average Bonchev–Trinajstić information content (AvgIpc) is 2.47. The fourth-order valence-electron chi connectivity index (χ4n) is 2.06. The summed E-state index contributed by atoms with van der Waals surface area (Å²) < 4.78 is 44.8. The van der Waals surface area contributed by atoms with Crippen molar-refractivity contribution in [2.45, 2.75) is 11.3 Å².